The summed E-state index contributed by atoms with van der Waals surface area (Å²) < 4.78 is 31.9. The van der Waals surface area contributed by atoms with Crippen molar-refractivity contribution in [2.24, 2.45) is 0 Å². The number of rotatable bonds is 0. The van der Waals surface area contributed by atoms with Gasteiger partial charge in [-0.05, 0) is 0 Å². The second-order valence-corrected chi connectivity index (χ2v) is 2.55. The van der Waals surface area contributed by atoms with Gasteiger partial charge in [-0.15, -0.1) is 0 Å². The number of hydrogen-bond acceptors (Lipinski definition) is 2. The van der Waals surface area contributed by atoms with Crippen molar-refractivity contribution < 1.29 is 16.0 Å². The first-order valence-corrected chi connectivity index (χ1v) is 3.98. The summed E-state index contributed by atoms with van der Waals surface area (Å²) >= 11 is -5.38. The molecule has 0 aliphatic carbocycles. The molecule has 0 aliphatic heterocycles. The molecule has 0 saturated heterocycles. The molecule has 0 aromatic carbocycles. The van der Waals surface area contributed by atoms with E-state index in [0.717, 1.165) is 0 Å². The van der Waals surface area contributed by atoms with E-state index in [-0.39, 0.29) is 27.3 Å². The Labute approximate surface area is 57.7 Å². The van der Waals surface area contributed by atoms with E-state index >= 15 is 0 Å². The fraction of sp³-hybridized carbons (Fsp3) is 0. The van der Waals surface area contributed by atoms with E-state index in [2.05, 4.69) is 0 Å². The molecule has 0 saturated carbocycles. The predicted molar refractivity (Wildman–Crippen MR) is 18.0 cm³/mol. The Kier molecular flexibility index (Phi) is 5.44. The van der Waals surface area contributed by atoms with Gasteiger partial charge in [0.1, 0.15) is 0 Å². The zero-order valence-corrected chi connectivity index (χ0v) is 9.10. The van der Waals surface area contributed by atoms with Gasteiger partial charge in [0.2, 0.25) is 0 Å². The molecule has 0 fully saturated rings. The van der Waals surface area contributed by atoms with Gasteiger partial charge in [-0.2, -0.15) is 0 Å². The normalized spacial score (nSPS) is 9.83. The minimum atomic E-state index is -5.38. The molecule has 36 valence electrons. The average molecular weight is 349 g/mol. The molecule has 0 bridgehead atoms. The Morgan fingerprint density at radius 1 is 1.50 bits per heavy atom. The zero-order valence-electron chi connectivity index (χ0n) is 2.74. The summed E-state index contributed by atoms with van der Waals surface area (Å²) in [5.41, 5.74) is 0. The summed E-state index contributed by atoms with van der Waals surface area (Å²) in [6.07, 6.45) is 0. The molecule has 0 heterocycles. The summed E-state index contributed by atoms with van der Waals surface area (Å²) in [7, 11) is 0. The third kappa shape index (κ3) is 66.3. The van der Waals surface area contributed by atoms with Gasteiger partial charge in [0, 0.05) is 0 Å². The van der Waals surface area contributed by atoms with Crippen LogP contribution in [0.15, 0.2) is 0 Å². The van der Waals surface area contributed by atoms with E-state index in [4.69, 9.17) is 16.0 Å². The first-order chi connectivity index (χ1) is 2.00. The van der Waals surface area contributed by atoms with Crippen LogP contribution in [0.4, 0.5) is 0 Å². The van der Waals surface area contributed by atoms with Gasteiger partial charge in [-0.3, -0.25) is 0 Å². The van der Waals surface area contributed by atoms with Crippen molar-refractivity contribution in [3.63, 3.8) is 0 Å². The number of hydrogen-bond donors (Lipinski definition) is 2. The van der Waals surface area contributed by atoms with Crippen LogP contribution in [0.2, 0.25) is 0 Å². The van der Waals surface area contributed by atoms with Crippen LogP contribution < -0.4 is 4.10 Å². The van der Waals surface area contributed by atoms with Gasteiger partial charge in [-0.25, -0.2) is 0 Å². The summed E-state index contributed by atoms with van der Waals surface area (Å²) in [6.45, 7) is 0. The van der Waals surface area contributed by atoms with Gasteiger partial charge in [0.15, 0.2) is 0 Å². The fourth-order valence-corrected chi connectivity index (χ4v) is 0. The maximum atomic E-state index is 8.83. The molecule has 6 heavy (non-hydrogen) atoms. The Hall–Kier alpha value is 1.16. The Morgan fingerprint density at radius 2 is 1.50 bits per heavy atom. The van der Waals surface area contributed by atoms with Crippen LogP contribution in [-0.4, -0.2) is 50.0 Å². The molecule has 0 atom stereocenters. The van der Waals surface area contributed by atoms with Crippen molar-refractivity contribution in [1.82, 2.24) is 0 Å². The fourth-order valence-electron chi connectivity index (χ4n) is 0. The molecule has 2 radical (unpaired) electrons. The monoisotopic (exact) mass is 350 g/mol. The van der Waals surface area contributed by atoms with Gasteiger partial charge in [0.05, 0.1) is 0 Å². The van der Waals surface area contributed by atoms with E-state index in [1.54, 1.807) is 0 Å². The van der Waals surface area contributed by atoms with E-state index in [9.17, 15) is 0 Å². The first kappa shape index (κ1) is 10.2. The van der Waals surface area contributed by atoms with E-state index < -0.39 is 14.5 Å². The minimum absolute atomic E-state index is 0. The van der Waals surface area contributed by atoms with E-state index in [1.165, 1.54) is 0 Å². The van der Waals surface area contributed by atoms with Crippen molar-refractivity contribution >= 4 is 41.8 Å². The molecule has 0 aromatic rings. The van der Waals surface area contributed by atoms with Crippen LogP contribution in [0.3, 0.4) is 0 Å². The van der Waals surface area contributed by atoms with Crippen LogP contribution >= 0.6 is 0 Å². The standard InChI is InChI=1S/AsH3O4.Pb.H/c2-1(3,4)5;;/h(H3,2,3,4,5);;/q;+1;/p-1. The van der Waals surface area contributed by atoms with Crippen molar-refractivity contribution in [2.75, 3.05) is 0 Å². The van der Waals surface area contributed by atoms with Crippen molar-refractivity contribution in [1.29, 1.82) is 0 Å². The quantitative estimate of drug-likeness (QED) is 0.446. The third-order valence-corrected chi connectivity index (χ3v) is 0. The van der Waals surface area contributed by atoms with Gasteiger partial charge >= 0.3 is 57.8 Å². The zero-order chi connectivity index (χ0) is 4.50. The van der Waals surface area contributed by atoms with E-state index in [0.29, 0.717) is 0 Å². The average Bonchev–Trinajstić information content (AvgIpc) is 0.722. The summed E-state index contributed by atoms with van der Waals surface area (Å²) in [4.78, 5) is 0. The van der Waals surface area contributed by atoms with Crippen LogP contribution in [0.1, 0.15) is 0 Å². The molecule has 0 spiro atoms. The topological polar surface area (TPSA) is 80.6 Å². The molecular formula is H3AsO4Pb. The maximum absolute atomic E-state index is 8.83. The predicted octanol–water partition coefficient (Wildman–Crippen LogP) is -3.45. The Balaban J connectivity index is 0. The summed E-state index contributed by atoms with van der Waals surface area (Å²) in [6, 6.07) is 0. The summed E-state index contributed by atoms with van der Waals surface area (Å²) in [5.74, 6) is 0. The molecule has 0 rings (SSSR count). The third-order valence-electron chi connectivity index (χ3n) is 0. The SMILES string of the molecule is O=[As]([O-])(O)O.[PbH+]. The molecule has 0 unspecified atom stereocenters. The van der Waals surface area contributed by atoms with Crippen LogP contribution in [-0.2, 0) is 3.74 Å². The van der Waals surface area contributed by atoms with E-state index in [1.807, 2.05) is 0 Å². The summed E-state index contributed by atoms with van der Waals surface area (Å²) in [5, 5.41) is 0. The molecule has 0 aliphatic rings. The van der Waals surface area contributed by atoms with Gasteiger partial charge in [0.25, 0.3) is 0 Å². The second-order valence-electron chi connectivity index (χ2n) is 0.491. The van der Waals surface area contributed by atoms with Crippen molar-refractivity contribution in [2.45, 2.75) is 0 Å². The molecule has 6 heteroatoms. The Bertz CT molecular complexity index is 53.7. The molecule has 2 N–H and O–H groups in total. The molecule has 4 nitrogen and oxygen atoms in total. The Morgan fingerprint density at radius 3 is 1.50 bits per heavy atom. The van der Waals surface area contributed by atoms with Crippen LogP contribution in [0, 0.1) is 0 Å². The molecule has 0 aromatic heterocycles. The first-order valence-electron chi connectivity index (χ1n) is 0.765. The van der Waals surface area contributed by atoms with Gasteiger partial charge < -0.3 is 0 Å². The second kappa shape index (κ2) is 3.20. The van der Waals surface area contributed by atoms with Crippen molar-refractivity contribution in [3.05, 3.63) is 0 Å². The molecule has 0 amide bonds. The van der Waals surface area contributed by atoms with Crippen molar-refractivity contribution in [3.8, 4) is 0 Å². The van der Waals surface area contributed by atoms with Crippen LogP contribution in [0.5, 0.6) is 0 Å². The van der Waals surface area contributed by atoms with Crippen LogP contribution in [0.25, 0.3) is 0 Å². The van der Waals surface area contributed by atoms with Gasteiger partial charge in [-0.1, -0.05) is 0 Å². The molecular weight excluding hydrogens is 346 g/mol.